The molecular weight excluding hydrogens is 258 g/mol. The minimum atomic E-state index is -0.0197. The first-order chi connectivity index (χ1) is 10.3. The quantitative estimate of drug-likeness (QED) is 0.849. The van der Waals surface area contributed by atoms with Crippen LogP contribution in [0.1, 0.15) is 24.5 Å². The first kappa shape index (κ1) is 15.0. The molecule has 1 amide bonds. The van der Waals surface area contributed by atoms with E-state index in [4.69, 9.17) is 0 Å². The van der Waals surface area contributed by atoms with E-state index in [-0.39, 0.29) is 11.8 Å². The van der Waals surface area contributed by atoms with Gasteiger partial charge in [0, 0.05) is 12.5 Å². The molecule has 2 aromatic rings. The van der Waals surface area contributed by atoms with Crippen LogP contribution in [-0.2, 0) is 11.3 Å². The second-order valence-corrected chi connectivity index (χ2v) is 5.15. The van der Waals surface area contributed by atoms with Crippen molar-refractivity contribution in [3.8, 4) is 0 Å². The topological polar surface area (TPSA) is 29.1 Å². The van der Waals surface area contributed by atoms with Crippen molar-refractivity contribution < 1.29 is 4.79 Å². The Kier molecular flexibility index (Phi) is 5.77. The summed E-state index contributed by atoms with van der Waals surface area (Å²) in [6.45, 7) is 2.54. The zero-order valence-electron chi connectivity index (χ0n) is 12.3. The molecule has 2 heteroatoms. The molecule has 0 aliphatic rings. The lowest BCUT2D eigenvalue weighted by Gasteiger charge is -2.10. The Morgan fingerprint density at radius 2 is 1.67 bits per heavy atom. The lowest BCUT2D eigenvalue weighted by molar-refractivity contribution is -0.124. The zero-order chi connectivity index (χ0) is 14.9. The highest BCUT2D eigenvalue weighted by molar-refractivity contribution is 5.78. The first-order valence-corrected chi connectivity index (χ1v) is 7.29. The predicted molar refractivity (Wildman–Crippen MR) is 87.5 cm³/mol. The Morgan fingerprint density at radius 1 is 1.05 bits per heavy atom. The van der Waals surface area contributed by atoms with Crippen LogP contribution in [0, 0.1) is 5.92 Å². The van der Waals surface area contributed by atoms with Gasteiger partial charge < -0.3 is 5.32 Å². The third kappa shape index (κ3) is 5.27. The maximum absolute atomic E-state index is 12.0. The molecule has 108 valence electrons. The van der Waals surface area contributed by atoms with E-state index in [0.717, 1.165) is 17.5 Å². The largest absolute Gasteiger partial charge is 0.352 e. The zero-order valence-corrected chi connectivity index (χ0v) is 12.3. The molecule has 0 saturated carbocycles. The van der Waals surface area contributed by atoms with Crippen molar-refractivity contribution in [3.63, 3.8) is 0 Å². The average molecular weight is 279 g/mol. The van der Waals surface area contributed by atoms with Gasteiger partial charge in [0.2, 0.25) is 5.91 Å². The van der Waals surface area contributed by atoms with E-state index in [1.165, 1.54) is 0 Å². The molecule has 0 aromatic heterocycles. The first-order valence-electron chi connectivity index (χ1n) is 7.29. The summed E-state index contributed by atoms with van der Waals surface area (Å²) >= 11 is 0. The normalized spacial score (nSPS) is 12.2. The van der Waals surface area contributed by atoms with Crippen LogP contribution in [0.25, 0.3) is 6.08 Å². The van der Waals surface area contributed by atoms with Gasteiger partial charge in [-0.1, -0.05) is 79.7 Å². The standard InChI is InChI=1S/C19H21NO/c1-16(9-8-14-17-10-4-2-5-11-17)19(21)20-15-18-12-6-3-7-13-18/h2-8,10-14,16H,9,15H2,1H3,(H,20,21)/b14-8+. The van der Waals surface area contributed by atoms with Gasteiger partial charge in [0.15, 0.2) is 0 Å². The molecule has 1 unspecified atom stereocenters. The van der Waals surface area contributed by atoms with Crippen molar-refractivity contribution in [3.05, 3.63) is 77.9 Å². The number of benzene rings is 2. The van der Waals surface area contributed by atoms with Crippen LogP contribution in [0.5, 0.6) is 0 Å². The molecule has 0 radical (unpaired) electrons. The highest BCUT2D eigenvalue weighted by atomic mass is 16.1. The SMILES string of the molecule is CC(C/C=C/c1ccccc1)C(=O)NCc1ccccc1. The van der Waals surface area contributed by atoms with Crippen LogP contribution in [0.2, 0.25) is 0 Å². The number of hydrogen-bond donors (Lipinski definition) is 1. The summed E-state index contributed by atoms with van der Waals surface area (Å²) in [4.78, 5) is 12.0. The fourth-order valence-corrected chi connectivity index (χ4v) is 2.04. The summed E-state index contributed by atoms with van der Waals surface area (Å²) in [6.07, 6.45) is 4.86. The summed E-state index contributed by atoms with van der Waals surface area (Å²) < 4.78 is 0. The van der Waals surface area contributed by atoms with E-state index < -0.39 is 0 Å². The number of amides is 1. The number of carbonyl (C=O) groups is 1. The van der Waals surface area contributed by atoms with Crippen molar-refractivity contribution >= 4 is 12.0 Å². The molecule has 1 atom stereocenters. The summed E-state index contributed by atoms with van der Waals surface area (Å²) in [5.74, 6) is 0.0743. The molecule has 0 aliphatic carbocycles. The number of rotatable bonds is 6. The predicted octanol–water partition coefficient (Wildman–Crippen LogP) is 4.04. The van der Waals surface area contributed by atoms with E-state index in [9.17, 15) is 4.79 Å². The second-order valence-electron chi connectivity index (χ2n) is 5.15. The van der Waals surface area contributed by atoms with Crippen LogP contribution in [0.4, 0.5) is 0 Å². The number of carbonyl (C=O) groups excluding carboxylic acids is 1. The average Bonchev–Trinajstić information content (AvgIpc) is 2.54. The summed E-state index contributed by atoms with van der Waals surface area (Å²) in [5.41, 5.74) is 2.28. The third-order valence-corrected chi connectivity index (χ3v) is 3.36. The molecule has 2 nitrogen and oxygen atoms in total. The fraction of sp³-hybridized carbons (Fsp3) is 0.211. The van der Waals surface area contributed by atoms with E-state index in [0.29, 0.717) is 6.54 Å². The fourth-order valence-electron chi connectivity index (χ4n) is 2.04. The minimum absolute atomic E-state index is 0.0197. The van der Waals surface area contributed by atoms with Crippen molar-refractivity contribution in [2.75, 3.05) is 0 Å². The minimum Gasteiger partial charge on any atom is -0.352 e. The van der Waals surface area contributed by atoms with Crippen molar-refractivity contribution in [2.45, 2.75) is 19.9 Å². The van der Waals surface area contributed by atoms with Crippen molar-refractivity contribution in [1.29, 1.82) is 0 Å². The molecule has 0 bridgehead atoms. The summed E-state index contributed by atoms with van der Waals surface area (Å²) in [5, 5.41) is 2.97. The van der Waals surface area contributed by atoms with Crippen LogP contribution < -0.4 is 5.32 Å². The Balaban J connectivity index is 1.76. The molecule has 1 N–H and O–H groups in total. The number of hydrogen-bond acceptors (Lipinski definition) is 1. The molecule has 0 spiro atoms. The second kappa shape index (κ2) is 8.05. The molecule has 0 aliphatic heterocycles. The van der Waals surface area contributed by atoms with Crippen LogP contribution in [0.3, 0.4) is 0 Å². The van der Waals surface area contributed by atoms with E-state index in [1.54, 1.807) is 0 Å². The lowest BCUT2D eigenvalue weighted by Crippen LogP contribution is -2.28. The van der Waals surface area contributed by atoms with Gasteiger partial charge in [0.05, 0.1) is 0 Å². The van der Waals surface area contributed by atoms with Crippen LogP contribution in [0.15, 0.2) is 66.7 Å². The highest BCUT2D eigenvalue weighted by Gasteiger charge is 2.10. The number of allylic oxidation sites excluding steroid dienone is 1. The van der Waals surface area contributed by atoms with Gasteiger partial charge in [0.1, 0.15) is 0 Å². The maximum atomic E-state index is 12.0. The molecule has 2 aromatic carbocycles. The lowest BCUT2D eigenvalue weighted by atomic mass is 10.1. The van der Waals surface area contributed by atoms with E-state index in [2.05, 4.69) is 29.6 Å². The number of nitrogens with one attached hydrogen (secondary N) is 1. The van der Waals surface area contributed by atoms with Gasteiger partial charge in [-0.15, -0.1) is 0 Å². The summed E-state index contributed by atoms with van der Waals surface area (Å²) in [6, 6.07) is 20.1. The van der Waals surface area contributed by atoms with Gasteiger partial charge in [-0.2, -0.15) is 0 Å². The summed E-state index contributed by atoms with van der Waals surface area (Å²) in [7, 11) is 0. The monoisotopic (exact) mass is 279 g/mol. The molecule has 0 saturated heterocycles. The smallest absolute Gasteiger partial charge is 0.223 e. The Labute approximate surface area is 126 Å². The van der Waals surface area contributed by atoms with Gasteiger partial charge in [-0.05, 0) is 17.5 Å². The third-order valence-electron chi connectivity index (χ3n) is 3.36. The van der Waals surface area contributed by atoms with Crippen molar-refractivity contribution in [1.82, 2.24) is 5.32 Å². The van der Waals surface area contributed by atoms with Crippen LogP contribution >= 0.6 is 0 Å². The Morgan fingerprint density at radius 3 is 2.33 bits per heavy atom. The molecule has 21 heavy (non-hydrogen) atoms. The van der Waals surface area contributed by atoms with Gasteiger partial charge in [0.25, 0.3) is 0 Å². The van der Waals surface area contributed by atoms with E-state index in [1.807, 2.05) is 55.5 Å². The van der Waals surface area contributed by atoms with Crippen LogP contribution in [-0.4, -0.2) is 5.91 Å². The Hall–Kier alpha value is -2.35. The van der Waals surface area contributed by atoms with Gasteiger partial charge >= 0.3 is 0 Å². The maximum Gasteiger partial charge on any atom is 0.223 e. The highest BCUT2D eigenvalue weighted by Crippen LogP contribution is 2.08. The molecule has 0 heterocycles. The Bertz CT molecular complexity index is 575. The molecule has 0 fully saturated rings. The van der Waals surface area contributed by atoms with Gasteiger partial charge in [-0.25, -0.2) is 0 Å². The van der Waals surface area contributed by atoms with E-state index >= 15 is 0 Å². The van der Waals surface area contributed by atoms with Crippen molar-refractivity contribution in [2.24, 2.45) is 5.92 Å². The molecular formula is C19H21NO. The molecule has 2 rings (SSSR count). The van der Waals surface area contributed by atoms with Gasteiger partial charge in [-0.3, -0.25) is 4.79 Å².